The maximum Gasteiger partial charge on any atom is 0.274 e. The van der Waals surface area contributed by atoms with Gasteiger partial charge in [-0.3, -0.25) is 9.78 Å². The summed E-state index contributed by atoms with van der Waals surface area (Å²) in [7, 11) is 0. The summed E-state index contributed by atoms with van der Waals surface area (Å²) in [4.78, 5) is 16.4. The van der Waals surface area contributed by atoms with E-state index in [1.165, 1.54) is 5.56 Å². The topological polar surface area (TPSA) is 42.0 Å². The smallest absolute Gasteiger partial charge is 0.274 e. The lowest BCUT2D eigenvalue weighted by molar-refractivity contribution is 0.102. The van der Waals surface area contributed by atoms with Crippen molar-refractivity contribution in [3.63, 3.8) is 0 Å². The van der Waals surface area contributed by atoms with E-state index in [0.717, 1.165) is 23.2 Å². The van der Waals surface area contributed by atoms with Gasteiger partial charge >= 0.3 is 0 Å². The summed E-state index contributed by atoms with van der Waals surface area (Å²) in [5.74, 6) is -0.205. The fourth-order valence-electron chi connectivity index (χ4n) is 2.45. The van der Waals surface area contributed by atoms with Gasteiger partial charge in [0.1, 0.15) is 5.69 Å². The Kier molecular flexibility index (Phi) is 4.48. The molecule has 0 radical (unpaired) electrons. The van der Waals surface area contributed by atoms with Crippen molar-refractivity contribution < 1.29 is 4.79 Å². The molecule has 3 heteroatoms. The van der Waals surface area contributed by atoms with Crippen LogP contribution in [0.15, 0.2) is 72.9 Å². The second-order valence-corrected chi connectivity index (χ2v) is 5.27. The van der Waals surface area contributed by atoms with Crippen LogP contribution in [0.1, 0.15) is 23.0 Å². The van der Waals surface area contributed by atoms with Crippen molar-refractivity contribution in [1.29, 1.82) is 0 Å². The Morgan fingerprint density at radius 2 is 1.70 bits per heavy atom. The molecule has 114 valence electrons. The van der Waals surface area contributed by atoms with Crippen molar-refractivity contribution >= 4 is 11.6 Å². The average molecular weight is 302 g/mol. The number of para-hydroxylation sites is 1. The molecular weight excluding hydrogens is 284 g/mol. The van der Waals surface area contributed by atoms with Gasteiger partial charge in [-0.1, -0.05) is 55.5 Å². The molecule has 0 atom stereocenters. The normalized spacial score (nSPS) is 10.3. The number of carbonyl (C=O) groups is 1. The van der Waals surface area contributed by atoms with Crippen LogP contribution in [0.2, 0.25) is 0 Å². The molecule has 0 aliphatic rings. The van der Waals surface area contributed by atoms with Crippen LogP contribution < -0.4 is 5.32 Å². The number of nitrogens with one attached hydrogen (secondary N) is 1. The van der Waals surface area contributed by atoms with Gasteiger partial charge in [-0.2, -0.15) is 0 Å². The highest BCUT2D eigenvalue weighted by atomic mass is 16.1. The Morgan fingerprint density at radius 1 is 0.957 bits per heavy atom. The van der Waals surface area contributed by atoms with E-state index in [1.54, 1.807) is 24.4 Å². The van der Waals surface area contributed by atoms with Crippen LogP contribution in [0.3, 0.4) is 0 Å². The van der Waals surface area contributed by atoms with Crippen LogP contribution in [0.4, 0.5) is 5.69 Å². The summed E-state index contributed by atoms with van der Waals surface area (Å²) in [6, 6.07) is 21.5. The van der Waals surface area contributed by atoms with Crippen molar-refractivity contribution in [3.8, 4) is 11.1 Å². The molecule has 0 aliphatic carbocycles. The van der Waals surface area contributed by atoms with Gasteiger partial charge in [0.05, 0.1) is 0 Å². The van der Waals surface area contributed by atoms with Gasteiger partial charge in [-0.05, 0) is 35.7 Å². The zero-order chi connectivity index (χ0) is 16.1. The SMILES string of the molecule is CCc1ccc(-c2ccccc2NC(=O)c2ccccn2)cc1. The number of hydrogen-bond donors (Lipinski definition) is 1. The summed E-state index contributed by atoms with van der Waals surface area (Å²) < 4.78 is 0. The highest BCUT2D eigenvalue weighted by Crippen LogP contribution is 2.28. The van der Waals surface area contributed by atoms with E-state index < -0.39 is 0 Å². The fourth-order valence-corrected chi connectivity index (χ4v) is 2.45. The Morgan fingerprint density at radius 3 is 2.39 bits per heavy atom. The molecule has 0 unspecified atom stereocenters. The van der Waals surface area contributed by atoms with Crippen LogP contribution in [-0.4, -0.2) is 10.9 Å². The van der Waals surface area contributed by atoms with Crippen LogP contribution in [-0.2, 0) is 6.42 Å². The molecule has 1 heterocycles. The lowest BCUT2D eigenvalue weighted by Gasteiger charge is -2.11. The van der Waals surface area contributed by atoms with Gasteiger partial charge in [-0.15, -0.1) is 0 Å². The summed E-state index contributed by atoms with van der Waals surface area (Å²) >= 11 is 0. The number of aryl methyl sites for hydroxylation is 1. The molecule has 0 bridgehead atoms. The number of pyridine rings is 1. The van der Waals surface area contributed by atoms with E-state index in [0.29, 0.717) is 5.69 Å². The summed E-state index contributed by atoms with van der Waals surface area (Å²) in [6.07, 6.45) is 2.63. The standard InChI is InChI=1S/C20H18N2O/c1-2-15-10-12-16(13-11-15)17-7-3-4-8-18(17)22-20(23)19-9-5-6-14-21-19/h3-14H,2H2,1H3,(H,22,23). The molecular formula is C20H18N2O. The second kappa shape index (κ2) is 6.88. The van der Waals surface area contributed by atoms with E-state index in [1.807, 2.05) is 24.3 Å². The van der Waals surface area contributed by atoms with E-state index in [2.05, 4.69) is 41.5 Å². The van der Waals surface area contributed by atoms with Crippen LogP contribution in [0, 0.1) is 0 Å². The molecule has 2 aromatic carbocycles. The molecule has 0 fully saturated rings. The van der Waals surface area contributed by atoms with Crippen LogP contribution >= 0.6 is 0 Å². The fraction of sp³-hybridized carbons (Fsp3) is 0.100. The Bertz CT molecular complexity index is 795. The van der Waals surface area contributed by atoms with Gasteiger partial charge in [0, 0.05) is 17.4 Å². The maximum absolute atomic E-state index is 12.3. The third kappa shape index (κ3) is 3.46. The summed E-state index contributed by atoms with van der Waals surface area (Å²) in [5, 5.41) is 2.95. The van der Waals surface area contributed by atoms with Gasteiger partial charge in [-0.25, -0.2) is 0 Å². The maximum atomic E-state index is 12.3. The van der Waals surface area contributed by atoms with Crippen molar-refractivity contribution in [2.75, 3.05) is 5.32 Å². The molecule has 3 nitrogen and oxygen atoms in total. The van der Waals surface area contributed by atoms with Crippen molar-refractivity contribution in [3.05, 3.63) is 84.2 Å². The largest absolute Gasteiger partial charge is 0.320 e. The zero-order valence-electron chi connectivity index (χ0n) is 13.0. The molecule has 0 spiro atoms. The molecule has 0 saturated heterocycles. The second-order valence-electron chi connectivity index (χ2n) is 5.27. The monoisotopic (exact) mass is 302 g/mol. The first-order valence-corrected chi connectivity index (χ1v) is 7.68. The molecule has 1 amide bonds. The number of nitrogens with zero attached hydrogens (tertiary/aromatic N) is 1. The van der Waals surface area contributed by atoms with E-state index in [9.17, 15) is 4.79 Å². The molecule has 0 aliphatic heterocycles. The number of hydrogen-bond acceptors (Lipinski definition) is 2. The molecule has 3 aromatic rings. The Hall–Kier alpha value is -2.94. The van der Waals surface area contributed by atoms with Gasteiger partial charge < -0.3 is 5.32 Å². The number of carbonyl (C=O) groups excluding carboxylic acids is 1. The minimum absolute atomic E-state index is 0.205. The first-order valence-electron chi connectivity index (χ1n) is 7.68. The summed E-state index contributed by atoms with van der Waals surface area (Å²) in [6.45, 7) is 2.13. The number of benzene rings is 2. The first kappa shape index (κ1) is 15.0. The van der Waals surface area contributed by atoms with Crippen LogP contribution in [0.25, 0.3) is 11.1 Å². The minimum atomic E-state index is -0.205. The third-order valence-corrected chi connectivity index (χ3v) is 3.75. The lowest BCUT2D eigenvalue weighted by Crippen LogP contribution is -2.13. The molecule has 23 heavy (non-hydrogen) atoms. The van der Waals surface area contributed by atoms with Gasteiger partial charge in [0.25, 0.3) is 5.91 Å². The average Bonchev–Trinajstić information content (AvgIpc) is 2.63. The summed E-state index contributed by atoms with van der Waals surface area (Å²) in [5.41, 5.74) is 4.57. The lowest BCUT2D eigenvalue weighted by atomic mass is 10.0. The molecule has 0 saturated carbocycles. The number of anilines is 1. The Labute approximate surface area is 136 Å². The van der Waals surface area contributed by atoms with E-state index >= 15 is 0 Å². The zero-order valence-corrected chi connectivity index (χ0v) is 13.0. The van der Waals surface area contributed by atoms with E-state index in [-0.39, 0.29) is 5.91 Å². The number of aromatic nitrogens is 1. The number of amides is 1. The third-order valence-electron chi connectivity index (χ3n) is 3.75. The van der Waals surface area contributed by atoms with Crippen molar-refractivity contribution in [2.24, 2.45) is 0 Å². The molecule has 1 N–H and O–H groups in total. The quantitative estimate of drug-likeness (QED) is 0.767. The minimum Gasteiger partial charge on any atom is -0.320 e. The van der Waals surface area contributed by atoms with Gasteiger partial charge in [0.15, 0.2) is 0 Å². The highest BCUT2D eigenvalue weighted by Gasteiger charge is 2.10. The highest BCUT2D eigenvalue weighted by molar-refractivity contribution is 6.05. The predicted molar refractivity (Wildman–Crippen MR) is 93.4 cm³/mol. The van der Waals surface area contributed by atoms with Crippen molar-refractivity contribution in [1.82, 2.24) is 4.98 Å². The number of rotatable bonds is 4. The predicted octanol–water partition coefficient (Wildman–Crippen LogP) is 4.56. The molecule has 1 aromatic heterocycles. The van der Waals surface area contributed by atoms with Crippen molar-refractivity contribution in [2.45, 2.75) is 13.3 Å². The Balaban J connectivity index is 1.90. The first-order chi connectivity index (χ1) is 11.3. The van der Waals surface area contributed by atoms with Crippen LogP contribution in [0.5, 0.6) is 0 Å². The van der Waals surface area contributed by atoms with Gasteiger partial charge in [0.2, 0.25) is 0 Å². The van der Waals surface area contributed by atoms with E-state index in [4.69, 9.17) is 0 Å². The molecule has 3 rings (SSSR count).